The van der Waals surface area contributed by atoms with Crippen molar-refractivity contribution in [3.05, 3.63) is 18.0 Å². The van der Waals surface area contributed by atoms with Crippen LogP contribution >= 0.6 is 0 Å². The second-order valence-corrected chi connectivity index (χ2v) is 6.53. The molecular formula is C16H31N3. The molecule has 0 fully saturated rings. The van der Waals surface area contributed by atoms with Crippen LogP contribution in [0.15, 0.2) is 12.3 Å². The number of nitrogens with one attached hydrogen (secondary N) is 1. The van der Waals surface area contributed by atoms with Gasteiger partial charge in [-0.3, -0.25) is 4.68 Å². The molecule has 0 bridgehead atoms. The van der Waals surface area contributed by atoms with Gasteiger partial charge in [0.15, 0.2) is 0 Å². The largest absolute Gasteiger partial charge is 0.316 e. The van der Waals surface area contributed by atoms with Gasteiger partial charge in [-0.2, -0.15) is 5.10 Å². The zero-order chi connectivity index (χ0) is 14.3. The van der Waals surface area contributed by atoms with Crippen LogP contribution in [0.5, 0.6) is 0 Å². The van der Waals surface area contributed by atoms with Crippen molar-refractivity contribution < 1.29 is 0 Å². The summed E-state index contributed by atoms with van der Waals surface area (Å²) in [5, 5.41) is 7.85. The molecule has 1 N–H and O–H groups in total. The van der Waals surface area contributed by atoms with Gasteiger partial charge in [-0.25, -0.2) is 0 Å². The second-order valence-electron chi connectivity index (χ2n) is 6.53. The summed E-state index contributed by atoms with van der Waals surface area (Å²) in [5.74, 6) is 2.28. The van der Waals surface area contributed by atoms with Crippen molar-refractivity contribution in [3.8, 4) is 0 Å². The maximum atomic E-state index is 4.24. The molecule has 1 rings (SSSR count). The van der Waals surface area contributed by atoms with E-state index in [-0.39, 0.29) is 0 Å². The van der Waals surface area contributed by atoms with Gasteiger partial charge in [0.25, 0.3) is 0 Å². The topological polar surface area (TPSA) is 29.9 Å². The Balaban J connectivity index is 2.38. The fraction of sp³-hybridized carbons (Fsp3) is 0.812. The zero-order valence-corrected chi connectivity index (χ0v) is 13.3. The van der Waals surface area contributed by atoms with Gasteiger partial charge in [0.1, 0.15) is 0 Å². The Hall–Kier alpha value is -0.830. The summed E-state index contributed by atoms with van der Waals surface area (Å²) in [5.41, 5.74) is 1.35. The fourth-order valence-corrected chi connectivity index (χ4v) is 2.54. The van der Waals surface area contributed by atoms with Gasteiger partial charge in [-0.05, 0) is 56.2 Å². The lowest BCUT2D eigenvalue weighted by Crippen LogP contribution is -2.27. The van der Waals surface area contributed by atoms with Crippen LogP contribution in [0.3, 0.4) is 0 Å². The summed E-state index contributed by atoms with van der Waals surface area (Å²) in [4.78, 5) is 0. The van der Waals surface area contributed by atoms with E-state index in [0.29, 0.717) is 0 Å². The highest BCUT2D eigenvalue weighted by molar-refractivity contribution is 5.00. The van der Waals surface area contributed by atoms with Crippen LogP contribution < -0.4 is 5.32 Å². The van der Waals surface area contributed by atoms with Crippen LogP contribution in [0, 0.1) is 17.8 Å². The molecule has 1 unspecified atom stereocenters. The van der Waals surface area contributed by atoms with Gasteiger partial charge >= 0.3 is 0 Å². The van der Waals surface area contributed by atoms with Gasteiger partial charge in [-0.1, -0.05) is 27.7 Å². The molecule has 3 nitrogen and oxygen atoms in total. The molecule has 1 aromatic heterocycles. The summed E-state index contributed by atoms with van der Waals surface area (Å²) in [7, 11) is 2.03. The lowest BCUT2D eigenvalue weighted by molar-refractivity contribution is 0.357. The molecule has 0 saturated carbocycles. The van der Waals surface area contributed by atoms with E-state index in [4.69, 9.17) is 0 Å². The first-order valence-corrected chi connectivity index (χ1v) is 7.66. The van der Waals surface area contributed by atoms with E-state index >= 15 is 0 Å². The SMILES string of the molecule is CC(C)CNCC(CCc1ccnn1C)CC(C)C. The molecule has 0 aliphatic heterocycles. The molecule has 1 atom stereocenters. The van der Waals surface area contributed by atoms with E-state index in [1.165, 1.54) is 18.5 Å². The summed E-state index contributed by atoms with van der Waals surface area (Å²) in [6.07, 6.45) is 5.59. The van der Waals surface area contributed by atoms with Crippen LogP contribution in [0.25, 0.3) is 0 Å². The van der Waals surface area contributed by atoms with Gasteiger partial charge in [0.2, 0.25) is 0 Å². The lowest BCUT2D eigenvalue weighted by Gasteiger charge is -2.20. The minimum atomic E-state index is 0.733. The van der Waals surface area contributed by atoms with Crippen molar-refractivity contribution in [2.75, 3.05) is 13.1 Å². The molecule has 0 aromatic carbocycles. The highest BCUT2D eigenvalue weighted by Gasteiger charge is 2.12. The standard InChI is InChI=1S/C16H31N3/c1-13(2)10-15(12-17-11-14(3)4)6-7-16-8-9-18-19(16)5/h8-9,13-15,17H,6-7,10-12H2,1-5H3. The van der Waals surface area contributed by atoms with E-state index in [0.717, 1.165) is 37.3 Å². The minimum absolute atomic E-state index is 0.733. The van der Waals surface area contributed by atoms with Crippen LogP contribution in [0.1, 0.15) is 46.2 Å². The monoisotopic (exact) mass is 265 g/mol. The normalized spacial score (nSPS) is 13.4. The van der Waals surface area contributed by atoms with E-state index in [1.54, 1.807) is 0 Å². The molecule has 0 aliphatic rings. The molecular weight excluding hydrogens is 234 g/mol. The van der Waals surface area contributed by atoms with E-state index in [9.17, 15) is 0 Å². The molecule has 1 aromatic rings. The van der Waals surface area contributed by atoms with E-state index in [1.807, 2.05) is 17.9 Å². The first-order valence-electron chi connectivity index (χ1n) is 7.66. The second kappa shape index (κ2) is 8.36. The number of aryl methyl sites for hydroxylation is 2. The van der Waals surface area contributed by atoms with Gasteiger partial charge in [0, 0.05) is 18.9 Å². The predicted molar refractivity (Wildman–Crippen MR) is 82.2 cm³/mol. The van der Waals surface area contributed by atoms with Crippen molar-refractivity contribution >= 4 is 0 Å². The third-order valence-electron chi connectivity index (χ3n) is 3.52. The molecule has 110 valence electrons. The number of nitrogens with zero attached hydrogens (tertiary/aromatic N) is 2. The minimum Gasteiger partial charge on any atom is -0.316 e. The highest BCUT2D eigenvalue weighted by atomic mass is 15.2. The zero-order valence-electron chi connectivity index (χ0n) is 13.3. The first-order chi connectivity index (χ1) is 8.99. The predicted octanol–water partition coefficient (Wildman–Crippen LogP) is 3.26. The summed E-state index contributed by atoms with van der Waals surface area (Å²) >= 11 is 0. The van der Waals surface area contributed by atoms with Crippen LogP contribution in [-0.4, -0.2) is 22.9 Å². The lowest BCUT2D eigenvalue weighted by atomic mass is 9.92. The number of hydrogen-bond acceptors (Lipinski definition) is 2. The van der Waals surface area contributed by atoms with Crippen molar-refractivity contribution in [1.29, 1.82) is 0 Å². The molecule has 19 heavy (non-hydrogen) atoms. The molecule has 1 heterocycles. The average Bonchev–Trinajstić information content (AvgIpc) is 2.70. The summed E-state index contributed by atoms with van der Waals surface area (Å²) in [6.45, 7) is 11.4. The van der Waals surface area contributed by atoms with Crippen molar-refractivity contribution in [2.45, 2.75) is 47.0 Å². The number of hydrogen-bond donors (Lipinski definition) is 1. The molecule has 0 radical (unpaired) electrons. The van der Waals surface area contributed by atoms with E-state index < -0.39 is 0 Å². The maximum Gasteiger partial charge on any atom is 0.0492 e. The molecule has 0 saturated heterocycles. The van der Waals surface area contributed by atoms with Gasteiger partial charge in [-0.15, -0.1) is 0 Å². The van der Waals surface area contributed by atoms with Crippen LogP contribution in [-0.2, 0) is 13.5 Å². The van der Waals surface area contributed by atoms with Gasteiger partial charge in [0.05, 0.1) is 0 Å². The molecule has 0 amide bonds. The van der Waals surface area contributed by atoms with E-state index in [2.05, 4.69) is 44.2 Å². The van der Waals surface area contributed by atoms with Crippen molar-refractivity contribution in [2.24, 2.45) is 24.8 Å². The Bertz CT molecular complexity index is 342. The third-order valence-corrected chi connectivity index (χ3v) is 3.52. The average molecular weight is 265 g/mol. The first kappa shape index (κ1) is 16.2. The van der Waals surface area contributed by atoms with Gasteiger partial charge < -0.3 is 5.32 Å². The summed E-state index contributed by atoms with van der Waals surface area (Å²) in [6, 6.07) is 2.13. The molecule has 0 spiro atoms. The Labute approximate surface area is 118 Å². The Morgan fingerprint density at radius 2 is 1.89 bits per heavy atom. The summed E-state index contributed by atoms with van der Waals surface area (Å²) < 4.78 is 1.99. The number of aromatic nitrogens is 2. The molecule has 3 heteroatoms. The Kier molecular flexibility index (Phi) is 7.14. The van der Waals surface area contributed by atoms with Crippen molar-refractivity contribution in [3.63, 3.8) is 0 Å². The third kappa shape index (κ3) is 6.76. The smallest absolute Gasteiger partial charge is 0.0492 e. The highest BCUT2D eigenvalue weighted by Crippen LogP contribution is 2.17. The van der Waals surface area contributed by atoms with Crippen molar-refractivity contribution in [1.82, 2.24) is 15.1 Å². The molecule has 0 aliphatic carbocycles. The maximum absolute atomic E-state index is 4.24. The quantitative estimate of drug-likeness (QED) is 0.743. The Morgan fingerprint density at radius 3 is 2.42 bits per heavy atom. The number of rotatable bonds is 9. The fourth-order valence-electron chi connectivity index (χ4n) is 2.54. The van der Waals surface area contributed by atoms with Crippen LogP contribution in [0.2, 0.25) is 0 Å². The Morgan fingerprint density at radius 1 is 1.16 bits per heavy atom. The van der Waals surface area contributed by atoms with Crippen LogP contribution in [0.4, 0.5) is 0 Å².